The molecule has 0 bridgehead atoms. The van der Waals surface area contributed by atoms with Gasteiger partial charge in [0, 0.05) is 0 Å². The van der Waals surface area contributed by atoms with Gasteiger partial charge in [0.15, 0.2) is 0 Å². The molecule has 2 heteroatoms. The normalized spacial score (nSPS) is 10.6. The molecule has 0 unspecified atom stereocenters. The van der Waals surface area contributed by atoms with Gasteiger partial charge in [-0.2, -0.15) is 0 Å². The number of unbranched alkanes of at least 4 members (excludes halogenated alkanes) is 1. The van der Waals surface area contributed by atoms with E-state index in [2.05, 4.69) is 23.2 Å². The van der Waals surface area contributed by atoms with Crippen molar-refractivity contribution in [3.63, 3.8) is 0 Å². The summed E-state index contributed by atoms with van der Waals surface area (Å²) in [6.45, 7) is 5.33. The SMILES string of the molecule is [CH]=CCCCc1nc2ccccc2s1. The van der Waals surface area contributed by atoms with Gasteiger partial charge < -0.3 is 0 Å². The Labute approximate surface area is 88.1 Å². The van der Waals surface area contributed by atoms with Crippen LogP contribution in [0.1, 0.15) is 17.8 Å². The quantitative estimate of drug-likeness (QED) is 0.690. The van der Waals surface area contributed by atoms with E-state index in [9.17, 15) is 0 Å². The summed E-state index contributed by atoms with van der Waals surface area (Å²) in [5.74, 6) is 0. The van der Waals surface area contributed by atoms with Gasteiger partial charge in [-0.1, -0.05) is 24.8 Å². The summed E-state index contributed by atoms with van der Waals surface area (Å²) >= 11 is 1.78. The number of para-hydroxylation sites is 1. The van der Waals surface area contributed by atoms with E-state index in [4.69, 9.17) is 6.58 Å². The van der Waals surface area contributed by atoms with Gasteiger partial charge in [-0.25, -0.2) is 4.98 Å². The van der Waals surface area contributed by atoms with Gasteiger partial charge in [0.25, 0.3) is 0 Å². The summed E-state index contributed by atoms with van der Waals surface area (Å²) in [5.41, 5.74) is 1.12. The van der Waals surface area contributed by atoms with Crippen LogP contribution in [-0.4, -0.2) is 4.98 Å². The van der Waals surface area contributed by atoms with Crippen molar-refractivity contribution in [2.24, 2.45) is 0 Å². The summed E-state index contributed by atoms with van der Waals surface area (Å²) in [4.78, 5) is 4.55. The molecular formula is C12H12NS. The fraction of sp³-hybridized carbons (Fsp3) is 0.250. The Kier molecular flexibility index (Phi) is 2.94. The van der Waals surface area contributed by atoms with Crippen LogP contribution in [-0.2, 0) is 6.42 Å². The number of nitrogens with zero attached hydrogens (tertiary/aromatic N) is 1. The minimum absolute atomic E-state index is 0.968. The number of aryl methyl sites for hydroxylation is 1. The van der Waals surface area contributed by atoms with Crippen LogP contribution in [0.15, 0.2) is 30.3 Å². The van der Waals surface area contributed by atoms with E-state index >= 15 is 0 Å². The molecule has 14 heavy (non-hydrogen) atoms. The molecule has 1 aromatic carbocycles. The van der Waals surface area contributed by atoms with Gasteiger partial charge in [-0.15, -0.1) is 11.3 Å². The lowest BCUT2D eigenvalue weighted by molar-refractivity contribution is 0.838. The standard InChI is InChI=1S/C12H12NS/c1-2-3-4-9-12-13-10-7-5-6-8-11(10)14-12/h1-2,5-8H,3-4,9H2. The predicted octanol–water partition coefficient (Wildman–Crippen LogP) is 3.61. The number of aromatic nitrogens is 1. The topological polar surface area (TPSA) is 12.9 Å². The minimum atomic E-state index is 0.968. The van der Waals surface area contributed by atoms with E-state index in [0.29, 0.717) is 0 Å². The number of hydrogen-bond donors (Lipinski definition) is 0. The third-order valence-corrected chi connectivity index (χ3v) is 3.20. The molecule has 0 spiro atoms. The average Bonchev–Trinajstić information content (AvgIpc) is 2.60. The lowest BCUT2D eigenvalue weighted by Gasteiger charge is -1.90. The monoisotopic (exact) mass is 202 g/mol. The molecule has 0 fully saturated rings. The second-order valence-electron chi connectivity index (χ2n) is 3.20. The Hall–Kier alpha value is -1.15. The van der Waals surface area contributed by atoms with E-state index in [1.165, 1.54) is 9.71 Å². The van der Waals surface area contributed by atoms with E-state index in [-0.39, 0.29) is 0 Å². The second kappa shape index (κ2) is 4.38. The molecular weight excluding hydrogens is 190 g/mol. The number of hydrogen-bond acceptors (Lipinski definition) is 2. The lowest BCUT2D eigenvalue weighted by Crippen LogP contribution is -1.81. The molecule has 1 radical (unpaired) electrons. The van der Waals surface area contributed by atoms with Crippen LogP contribution in [0.2, 0.25) is 0 Å². The van der Waals surface area contributed by atoms with Crippen molar-refractivity contribution in [2.75, 3.05) is 0 Å². The predicted molar refractivity (Wildman–Crippen MR) is 61.4 cm³/mol. The van der Waals surface area contributed by atoms with Crippen LogP contribution in [0.3, 0.4) is 0 Å². The van der Waals surface area contributed by atoms with Crippen molar-refractivity contribution in [3.8, 4) is 0 Å². The Morgan fingerprint density at radius 2 is 2.21 bits per heavy atom. The molecule has 0 saturated heterocycles. The molecule has 0 aliphatic carbocycles. The molecule has 0 atom stereocenters. The largest absolute Gasteiger partial charge is 0.241 e. The molecule has 2 aromatic rings. The highest BCUT2D eigenvalue weighted by Crippen LogP contribution is 2.22. The number of thiazole rings is 1. The first kappa shape index (κ1) is 9.41. The minimum Gasteiger partial charge on any atom is -0.241 e. The Morgan fingerprint density at radius 3 is 3.00 bits per heavy atom. The molecule has 2 rings (SSSR count). The highest BCUT2D eigenvalue weighted by atomic mass is 32.1. The molecule has 1 nitrogen and oxygen atoms in total. The maximum Gasteiger partial charge on any atom is 0.0938 e. The van der Waals surface area contributed by atoms with Crippen LogP contribution in [0.25, 0.3) is 10.2 Å². The van der Waals surface area contributed by atoms with E-state index in [1.54, 1.807) is 17.4 Å². The Bertz CT molecular complexity index is 398. The molecule has 71 valence electrons. The first-order valence-electron chi connectivity index (χ1n) is 4.78. The van der Waals surface area contributed by atoms with Gasteiger partial charge in [0.1, 0.15) is 0 Å². The Morgan fingerprint density at radius 1 is 1.36 bits per heavy atom. The molecule has 0 N–H and O–H groups in total. The highest BCUT2D eigenvalue weighted by molar-refractivity contribution is 7.18. The molecule has 1 aromatic heterocycles. The van der Waals surface area contributed by atoms with Crippen LogP contribution in [0.5, 0.6) is 0 Å². The van der Waals surface area contributed by atoms with Crippen molar-refractivity contribution in [1.29, 1.82) is 0 Å². The Balaban J connectivity index is 2.14. The molecule has 1 heterocycles. The molecule has 0 aliphatic heterocycles. The fourth-order valence-electron chi connectivity index (χ4n) is 1.40. The van der Waals surface area contributed by atoms with Crippen LogP contribution in [0.4, 0.5) is 0 Å². The summed E-state index contributed by atoms with van der Waals surface area (Å²) in [7, 11) is 0. The molecule has 0 aliphatic rings. The van der Waals surface area contributed by atoms with Gasteiger partial charge in [-0.3, -0.25) is 0 Å². The number of rotatable bonds is 4. The van der Waals surface area contributed by atoms with E-state index in [0.717, 1.165) is 24.8 Å². The van der Waals surface area contributed by atoms with Gasteiger partial charge >= 0.3 is 0 Å². The van der Waals surface area contributed by atoms with Crippen LogP contribution in [0, 0.1) is 6.58 Å². The van der Waals surface area contributed by atoms with Gasteiger partial charge in [0.2, 0.25) is 0 Å². The molecule has 0 saturated carbocycles. The van der Waals surface area contributed by atoms with Crippen molar-refractivity contribution >= 4 is 21.6 Å². The summed E-state index contributed by atoms with van der Waals surface area (Å²) in [6.07, 6.45) is 4.81. The maximum absolute atomic E-state index is 5.33. The van der Waals surface area contributed by atoms with Crippen LogP contribution >= 0.6 is 11.3 Å². The van der Waals surface area contributed by atoms with Crippen molar-refractivity contribution in [1.82, 2.24) is 4.98 Å². The second-order valence-corrected chi connectivity index (χ2v) is 4.32. The first-order chi connectivity index (χ1) is 6.90. The smallest absolute Gasteiger partial charge is 0.0938 e. The number of benzene rings is 1. The van der Waals surface area contributed by atoms with Gasteiger partial charge in [-0.05, 0) is 31.4 Å². The van der Waals surface area contributed by atoms with Crippen LogP contribution < -0.4 is 0 Å². The zero-order valence-electron chi connectivity index (χ0n) is 7.94. The lowest BCUT2D eigenvalue weighted by atomic mass is 10.2. The zero-order chi connectivity index (χ0) is 9.80. The van der Waals surface area contributed by atoms with Crippen molar-refractivity contribution < 1.29 is 0 Å². The summed E-state index contributed by atoms with van der Waals surface area (Å²) in [6, 6.07) is 8.26. The highest BCUT2D eigenvalue weighted by Gasteiger charge is 2.01. The van der Waals surface area contributed by atoms with Gasteiger partial charge in [0.05, 0.1) is 15.2 Å². The summed E-state index contributed by atoms with van der Waals surface area (Å²) < 4.78 is 1.28. The van der Waals surface area contributed by atoms with E-state index in [1.807, 2.05) is 6.07 Å². The maximum atomic E-state index is 5.33. The summed E-state index contributed by atoms with van der Waals surface area (Å²) in [5, 5.41) is 1.22. The number of fused-ring (bicyclic) bond motifs is 1. The molecule has 0 amide bonds. The van der Waals surface area contributed by atoms with Crippen molar-refractivity contribution in [2.45, 2.75) is 19.3 Å². The van der Waals surface area contributed by atoms with Crippen molar-refractivity contribution in [3.05, 3.63) is 41.9 Å². The average molecular weight is 202 g/mol. The van der Waals surface area contributed by atoms with E-state index < -0.39 is 0 Å². The third-order valence-electron chi connectivity index (χ3n) is 2.10. The zero-order valence-corrected chi connectivity index (χ0v) is 8.76. The third kappa shape index (κ3) is 2.02. The first-order valence-corrected chi connectivity index (χ1v) is 5.59. The number of allylic oxidation sites excluding steroid dienone is 1. The fourth-order valence-corrected chi connectivity index (χ4v) is 2.41.